The van der Waals surface area contributed by atoms with Gasteiger partial charge < -0.3 is 9.47 Å². The zero-order valence-corrected chi connectivity index (χ0v) is 18.1. The molecule has 0 spiro atoms. The summed E-state index contributed by atoms with van der Waals surface area (Å²) in [7, 11) is -2.04. The Balaban J connectivity index is 1.49. The summed E-state index contributed by atoms with van der Waals surface area (Å²) in [6.07, 6.45) is 4.57. The highest BCUT2D eigenvalue weighted by atomic mass is 32.2. The molecule has 2 aromatic heterocycles. The fourth-order valence-corrected chi connectivity index (χ4v) is 6.10. The molecule has 9 nitrogen and oxygen atoms in total. The first-order valence-corrected chi connectivity index (χ1v) is 11.5. The van der Waals surface area contributed by atoms with Gasteiger partial charge >= 0.3 is 0 Å². The van der Waals surface area contributed by atoms with Crippen molar-refractivity contribution in [3.63, 3.8) is 0 Å². The Labute approximate surface area is 180 Å². The molecule has 3 atom stereocenters. The molecular formula is C21H23N5O4S. The largest absolute Gasteiger partial charge is 0.493 e. The van der Waals surface area contributed by atoms with Crippen molar-refractivity contribution in [1.82, 2.24) is 24.1 Å². The van der Waals surface area contributed by atoms with Gasteiger partial charge in [0.05, 0.1) is 25.5 Å². The number of aromatic nitrogens is 4. The summed E-state index contributed by atoms with van der Waals surface area (Å²) >= 11 is 0. The van der Waals surface area contributed by atoms with Gasteiger partial charge in [0.15, 0.2) is 0 Å². The number of benzene rings is 1. The van der Waals surface area contributed by atoms with Gasteiger partial charge in [0.25, 0.3) is 0 Å². The summed E-state index contributed by atoms with van der Waals surface area (Å²) in [5.41, 5.74) is 0.881. The van der Waals surface area contributed by atoms with Crippen molar-refractivity contribution in [2.24, 2.45) is 18.9 Å². The topological polar surface area (TPSA) is 99.4 Å². The van der Waals surface area contributed by atoms with E-state index in [1.165, 1.54) is 17.1 Å². The Kier molecular flexibility index (Phi) is 4.90. The van der Waals surface area contributed by atoms with Crippen LogP contribution in [0.4, 0.5) is 0 Å². The predicted molar refractivity (Wildman–Crippen MR) is 111 cm³/mol. The lowest BCUT2D eigenvalue weighted by atomic mass is 9.86. The van der Waals surface area contributed by atoms with Gasteiger partial charge in [0.1, 0.15) is 16.5 Å². The fraction of sp³-hybridized carbons (Fsp3) is 0.381. The van der Waals surface area contributed by atoms with E-state index in [0.717, 1.165) is 11.3 Å². The van der Waals surface area contributed by atoms with E-state index >= 15 is 0 Å². The van der Waals surface area contributed by atoms with E-state index in [0.29, 0.717) is 31.5 Å². The lowest BCUT2D eigenvalue weighted by Crippen LogP contribution is -2.35. The molecule has 0 N–H and O–H groups in total. The van der Waals surface area contributed by atoms with Gasteiger partial charge in [-0.1, -0.05) is 18.2 Å². The molecule has 5 rings (SSSR count). The van der Waals surface area contributed by atoms with Crippen molar-refractivity contribution >= 4 is 10.0 Å². The van der Waals surface area contributed by atoms with Gasteiger partial charge in [-0.25, -0.2) is 13.4 Å². The standard InChI is InChI=1S/C21H23N5O4S/c1-14-22-8-7-20(24-14)30-12-15-10-26(31(27,28)16-9-23-25(2)11-16)21-17-5-3-4-6-19(17)29-13-18(15)21/h3-9,11,15,18,21H,10,12-13H2,1-2H3/t15-,18-,21-/m0/s1. The average molecular weight is 442 g/mol. The summed E-state index contributed by atoms with van der Waals surface area (Å²) < 4.78 is 42.1. The Morgan fingerprint density at radius 2 is 2.10 bits per heavy atom. The third kappa shape index (κ3) is 3.55. The monoisotopic (exact) mass is 441 g/mol. The molecule has 0 radical (unpaired) electrons. The molecule has 0 amide bonds. The molecule has 10 heteroatoms. The van der Waals surface area contributed by atoms with Crippen molar-refractivity contribution in [2.75, 3.05) is 19.8 Å². The van der Waals surface area contributed by atoms with Crippen LogP contribution < -0.4 is 9.47 Å². The SMILES string of the molecule is Cc1nccc(OC[C@@H]2CN(S(=O)(=O)c3cnn(C)c3)[C@H]3c4ccccc4OC[C@@H]23)n1. The van der Waals surface area contributed by atoms with Crippen LogP contribution in [0.2, 0.25) is 0 Å². The molecule has 4 heterocycles. The number of rotatable bonds is 5. The fourth-order valence-electron chi connectivity index (χ4n) is 4.41. The van der Waals surface area contributed by atoms with Crippen LogP contribution in [0.3, 0.4) is 0 Å². The van der Waals surface area contributed by atoms with Crippen molar-refractivity contribution in [3.05, 3.63) is 60.3 Å². The summed E-state index contributed by atoms with van der Waals surface area (Å²) in [6.45, 7) is 2.89. The predicted octanol–water partition coefficient (Wildman–Crippen LogP) is 1.97. The third-order valence-electron chi connectivity index (χ3n) is 5.89. The van der Waals surface area contributed by atoms with E-state index in [2.05, 4.69) is 15.1 Å². The number of fused-ring (bicyclic) bond motifs is 3. The summed E-state index contributed by atoms with van der Waals surface area (Å²) in [5, 5.41) is 4.05. The van der Waals surface area contributed by atoms with Crippen molar-refractivity contribution in [2.45, 2.75) is 17.9 Å². The summed E-state index contributed by atoms with van der Waals surface area (Å²) in [5.74, 6) is 1.74. The van der Waals surface area contributed by atoms with Gasteiger partial charge in [0.2, 0.25) is 15.9 Å². The summed E-state index contributed by atoms with van der Waals surface area (Å²) in [6, 6.07) is 9.01. The highest BCUT2D eigenvalue weighted by Crippen LogP contribution is 2.49. The van der Waals surface area contributed by atoms with Crippen LogP contribution >= 0.6 is 0 Å². The van der Waals surface area contributed by atoms with Crippen LogP contribution in [0.1, 0.15) is 17.4 Å². The summed E-state index contributed by atoms with van der Waals surface area (Å²) in [4.78, 5) is 8.55. The van der Waals surface area contributed by atoms with E-state index in [4.69, 9.17) is 9.47 Å². The van der Waals surface area contributed by atoms with Crippen LogP contribution in [-0.2, 0) is 17.1 Å². The zero-order valence-electron chi connectivity index (χ0n) is 17.2. The van der Waals surface area contributed by atoms with E-state index in [1.54, 1.807) is 30.5 Å². The van der Waals surface area contributed by atoms with Crippen LogP contribution in [0.25, 0.3) is 0 Å². The number of aryl methyl sites for hydroxylation is 2. The van der Waals surface area contributed by atoms with Crippen molar-refractivity contribution < 1.29 is 17.9 Å². The minimum atomic E-state index is -3.74. The molecule has 3 aromatic rings. The van der Waals surface area contributed by atoms with Crippen LogP contribution in [-0.4, -0.2) is 52.2 Å². The van der Waals surface area contributed by atoms with Gasteiger partial charge in [-0.2, -0.15) is 14.4 Å². The molecule has 1 fully saturated rings. The van der Waals surface area contributed by atoms with Gasteiger partial charge in [0, 0.05) is 49.5 Å². The first-order chi connectivity index (χ1) is 14.9. The Bertz CT molecular complexity index is 1210. The smallest absolute Gasteiger partial charge is 0.246 e. The Morgan fingerprint density at radius 3 is 2.87 bits per heavy atom. The molecule has 31 heavy (non-hydrogen) atoms. The molecule has 162 valence electrons. The maximum atomic E-state index is 13.5. The molecule has 0 unspecified atom stereocenters. The van der Waals surface area contributed by atoms with E-state index in [-0.39, 0.29) is 22.8 Å². The van der Waals surface area contributed by atoms with Crippen LogP contribution in [0, 0.1) is 18.8 Å². The maximum Gasteiger partial charge on any atom is 0.246 e. The quantitative estimate of drug-likeness (QED) is 0.597. The maximum absolute atomic E-state index is 13.5. The second-order valence-electron chi connectivity index (χ2n) is 7.90. The molecule has 0 aliphatic carbocycles. The van der Waals surface area contributed by atoms with E-state index in [1.807, 2.05) is 24.3 Å². The Hall–Kier alpha value is -2.98. The highest BCUT2D eigenvalue weighted by molar-refractivity contribution is 7.89. The first-order valence-electron chi connectivity index (χ1n) is 10.1. The van der Waals surface area contributed by atoms with Crippen molar-refractivity contribution in [3.8, 4) is 11.6 Å². The van der Waals surface area contributed by atoms with Crippen molar-refractivity contribution in [1.29, 1.82) is 0 Å². The second-order valence-corrected chi connectivity index (χ2v) is 9.79. The molecule has 2 aliphatic rings. The molecule has 0 saturated carbocycles. The zero-order chi connectivity index (χ0) is 21.6. The number of sulfonamides is 1. The number of hydrogen-bond acceptors (Lipinski definition) is 7. The lowest BCUT2D eigenvalue weighted by Gasteiger charge is -2.33. The minimum Gasteiger partial charge on any atom is -0.493 e. The molecule has 1 saturated heterocycles. The first kappa shape index (κ1) is 20.0. The van der Waals surface area contributed by atoms with Crippen LogP contribution in [0.15, 0.2) is 53.8 Å². The normalized spacial score (nSPS) is 23.1. The van der Waals surface area contributed by atoms with E-state index in [9.17, 15) is 8.42 Å². The van der Waals surface area contributed by atoms with Gasteiger partial charge in [-0.3, -0.25) is 4.68 Å². The van der Waals surface area contributed by atoms with Crippen LogP contribution in [0.5, 0.6) is 11.6 Å². The molecule has 2 aliphatic heterocycles. The van der Waals surface area contributed by atoms with E-state index < -0.39 is 10.0 Å². The average Bonchev–Trinajstić information content (AvgIpc) is 3.37. The van der Waals surface area contributed by atoms with Gasteiger partial charge in [-0.05, 0) is 13.0 Å². The second kappa shape index (κ2) is 7.61. The minimum absolute atomic E-state index is 0.0377. The Morgan fingerprint density at radius 1 is 1.26 bits per heavy atom. The third-order valence-corrected chi connectivity index (χ3v) is 7.69. The lowest BCUT2D eigenvalue weighted by molar-refractivity contribution is 0.134. The number of hydrogen-bond donors (Lipinski definition) is 0. The number of nitrogens with zero attached hydrogens (tertiary/aromatic N) is 5. The van der Waals surface area contributed by atoms with Gasteiger partial charge in [-0.15, -0.1) is 0 Å². The molecule has 0 bridgehead atoms. The molecule has 1 aromatic carbocycles. The number of ether oxygens (including phenoxy) is 2. The highest BCUT2D eigenvalue weighted by Gasteiger charge is 2.51. The molecular weight excluding hydrogens is 418 g/mol. The number of para-hydroxylation sites is 1.